The first-order valence-electron chi connectivity index (χ1n) is 7.43. The van der Waals surface area contributed by atoms with E-state index in [0.29, 0.717) is 34.9 Å². The van der Waals surface area contributed by atoms with Gasteiger partial charge in [0.2, 0.25) is 0 Å². The summed E-state index contributed by atoms with van der Waals surface area (Å²) in [5.74, 6) is 3.05. The van der Waals surface area contributed by atoms with Crippen LogP contribution in [-0.4, -0.2) is 5.78 Å². The van der Waals surface area contributed by atoms with Crippen molar-refractivity contribution in [2.45, 2.75) is 39.5 Å². The summed E-state index contributed by atoms with van der Waals surface area (Å²) < 4.78 is 0. The maximum Gasteiger partial charge on any atom is 0.140 e. The van der Waals surface area contributed by atoms with Gasteiger partial charge in [0.1, 0.15) is 5.78 Å². The Morgan fingerprint density at radius 1 is 1.17 bits per heavy atom. The number of allylic oxidation sites excluding steroid dienone is 4. The molecular weight excluding hydrogens is 220 g/mol. The third kappa shape index (κ3) is 1.07. The minimum absolute atomic E-state index is 0.00414. The van der Waals surface area contributed by atoms with Crippen LogP contribution in [0.5, 0.6) is 0 Å². The zero-order valence-electron chi connectivity index (χ0n) is 11.4. The quantitative estimate of drug-likeness (QED) is 0.632. The van der Waals surface area contributed by atoms with Gasteiger partial charge < -0.3 is 0 Å². The molecule has 0 aromatic rings. The first-order chi connectivity index (χ1) is 8.55. The van der Waals surface area contributed by atoms with Gasteiger partial charge in [0, 0.05) is 11.8 Å². The largest absolute Gasteiger partial charge is 0.299 e. The normalized spacial score (nSPS) is 51.3. The van der Waals surface area contributed by atoms with Gasteiger partial charge in [-0.15, -0.1) is 0 Å². The smallest absolute Gasteiger partial charge is 0.140 e. The van der Waals surface area contributed by atoms with Crippen molar-refractivity contribution in [2.75, 3.05) is 0 Å². The van der Waals surface area contributed by atoms with Crippen molar-refractivity contribution in [1.29, 1.82) is 0 Å². The van der Waals surface area contributed by atoms with Crippen molar-refractivity contribution in [3.8, 4) is 0 Å². The zero-order chi connectivity index (χ0) is 12.5. The predicted molar refractivity (Wildman–Crippen MR) is 71.9 cm³/mol. The van der Waals surface area contributed by atoms with Crippen LogP contribution in [0.4, 0.5) is 0 Å². The number of fused-ring (bicyclic) bond motifs is 3. The molecule has 5 atom stereocenters. The topological polar surface area (TPSA) is 17.1 Å². The van der Waals surface area contributed by atoms with E-state index < -0.39 is 0 Å². The van der Waals surface area contributed by atoms with E-state index in [2.05, 4.69) is 38.2 Å². The Labute approximate surface area is 109 Å². The summed E-state index contributed by atoms with van der Waals surface area (Å²) in [4.78, 5) is 12.7. The maximum absolute atomic E-state index is 12.7. The van der Waals surface area contributed by atoms with Crippen molar-refractivity contribution in [1.82, 2.24) is 0 Å². The second kappa shape index (κ2) is 3.18. The van der Waals surface area contributed by atoms with Gasteiger partial charge in [-0.2, -0.15) is 0 Å². The fraction of sp³-hybridized carbons (Fsp3) is 0.706. The average molecular weight is 242 g/mol. The Bertz CT molecular complexity index is 470. The van der Waals surface area contributed by atoms with Crippen LogP contribution in [0.25, 0.3) is 0 Å². The Kier molecular flexibility index (Phi) is 1.95. The summed E-state index contributed by atoms with van der Waals surface area (Å²) in [6.45, 7) is 4.80. The third-order valence-electron chi connectivity index (χ3n) is 6.70. The van der Waals surface area contributed by atoms with E-state index in [1.165, 1.54) is 12.8 Å². The van der Waals surface area contributed by atoms with Crippen LogP contribution >= 0.6 is 0 Å². The lowest BCUT2D eigenvalue weighted by Gasteiger charge is -2.65. The van der Waals surface area contributed by atoms with Crippen LogP contribution in [0.2, 0.25) is 0 Å². The molecule has 0 aromatic heterocycles. The first kappa shape index (κ1) is 11.0. The monoisotopic (exact) mass is 242 g/mol. The van der Waals surface area contributed by atoms with E-state index in [9.17, 15) is 4.79 Å². The molecule has 96 valence electrons. The molecule has 0 heterocycles. The summed E-state index contributed by atoms with van der Waals surface area (Å²) in [6, 6.07) is 0. The summed E-state index contributed by atoms with van der Waals surface area (Å²) in [7, 11) is 0. The van der Waals surface area contributed by atoms with Crippen LogP contribution in [-0.2, 0) is 4.79 Å². The Morgan fingerprint density at radius 2 is 1.94 bits per heavy atom. The number of Topliss-reactive ketones (excluding diaryl/α,β-unsaturated/α-hetero) is 1. The van der Waals surface area contributed by atoms with Gasteiger partial charge in [-0.25, -0.2) is 0 Å². The van der Waals surface area contributed by atoms with Crippen LogP contribution in [0.15, 0.2) is 24.3 Å². The molecule has 5 aliphatic carbocycles. The van der Waals surface area contributed by atoms with E-state index in [0.717, 1.165) is 12.8 Å². The number of hydrogen-bond acceptors (Lipinski definition) is 1. The molecule has 18 heavy (non-hydrogen) atoms. The van der Waals surface area contributed by atoms with Crippen LogP contribution < -0.4 is 0 Å². The van der Waals surface area contributed by atoms with Gasteiger partial charge in [-0.3, -0.25) is 4.79 Å². The van der Waals surface area contributed by atoms with Crippen molar-refractivity contribution in [2.24, 2.45) is 34.5 Å². The van der Waals surface area contributed by atoms with E-state index in [1.54, 1.807) is 0 Å². The standard InChI is InChI=1S/C17H22O/c1-16(2)13-8-14(16)17(15(18)9-13)10-11-5-3-4-6-12(17)7-11/h3-6,11-14H,7-10H2,1-2H3/t11?,12?,13-,14?,17?/m1/s1. The molecule has 5 aliphatic rings. The first-order valence-corrected chi connectivity index (χ1v) is 7.43. The molecule has 0 amide bonds. The van der Waals surface area contributed by atoms with Crippen LogP contribution in [0.1, 0.15) is 39.5 Å². The minimum Gasteiger partial charge on any atom is -0.299 e. The number of rotatable bonds is 0. The highest BCUT2D eigenvalue weighted by atomic mass is 16.1. The lowest BCUT2D eigenvalue weighted by atomic mass is 9.38. The van der Waals surface area contributed by atoms with Crippen molar-refractivity contribution in [3.05, 3.63) is 24.3 Å². The molecule has 0 aliphatic heterocycles. The summed E-state index contributed by atoms with van der Waals surface area (Å²) in [5, 5.41) is 0. The van der Waals surface area contributed by atoms with Crippen molar-refractivity contribution in [3.63, 3.8) is 0 Å². The second-order valence-electron chi connectivity index (χ2n) is 7.55. The van der Waals surface area contributed by atoms with Gasteiger partial charge in [0.25, 0.3) is 0 Å². The van der Waals surface area contributed by atoms with Crippen LogP contribution in [0.3, 0.4) is 0 Å². The molecule has 4 saturated carbocycles. The third-order valence-corrected chi connectivity index (χ3v) is 6.70. The highest BCUT2D eigenvalue weighted by Gasteiger charge is 2.68. The van der Waals surface area contributed by atoms with Crippen LogP contribution in [0, 0.1) is 34.5 Å². The Hall–Kier alpha value is -0.850. The Balaban J connectivity index is 1.80. The highest BCUT2D eigenvalue weighted by Crippen LogP contribution is 2.71. The van der Waals surface area contributed by atoms with Gasteiger partial charge in [-0.05, 0) is 48.3 Å². The minimum atomic E-state index is 0.00414. The highest BCUT2D eigenvalue weighted by molar-refractivity contribution is 5.89. The zero-order valence-corrected chi connectivity index (χ0v) is 11.4. The molecular formula is C17H22O. The number of carbonyl (C=O) groups excluding carboxylic acids is 1. The van der Waals surface area contributed by atoms with E-state index in [4.69, 9.17) is 0 Å². The number of ketones is 1. The second-order valence-corrected chi connectivity index (χ2v) is 7.55. The van der Waals surface area contributed by atoms with Gasteiger partial charge in [-0.1, -0.05) is 38.2 Å². The fourth-order valence-electron chi connectivity index (χ4n) is 5.59. The summed E-state index contributed by atoms with van der Waals surface area (Å²) in [6.07, 6.45) is 13.5. The molecule has 0 aromatic carbocycles. The molecule has 1 heteroatoms. The lowest BCUT2D eigenvalue weighted by molar-refractivity contribution is -0.181. The molecule has 4 unspecified atom stereocenters. The summed E-state index contributed by atoms with van der Waals surface area (Å²) >= 11 is 0. The molecule has 0 N–H and O–H groups in total. The van der Waals surface area contributed by atoms with Gasteiger partial charge in [0.15, 0.2) is 0 Å². The molecule has 0 radical (unpaired) electrons. The van der Waals surface area contributed by atoms with Crippen molar-refractivity contribution < 1.29 is 4.79 Å². The molecule has 4 bridgehead atoms. The predicted octanol–water partition coefficient (Wildman–Crippen LogP) is 3.76. The fourth-order valence-corrected chi connectivity index (χ4v) is 5.59. The molecule has 0 saturated heterocycles. The molecule has 1 spiro atoms. The number of carbonyl (C=O) groups is 1. The maximum atomic E-state index is 12.7. The SMILES string of the molecule is CC1(C)C2C[C@@H]1CC(=O)C21CC2C=CC=CC1C2. The summed E-state index contributed by atoms with van der Waals surface area (Å²) in [5.41, 5.74) is 0.405. The van der Waals surface area contributed by atoms with E-state index in [-0.39, 0.29) is 5.41 Å². The molecule has 4 fully saturated rings. The molecule has 5 rings (SSSR count). The average Bonchev–Trinajstić information content (AvgIpc) is 2.50. The number of hydrogen-bond donors (Lipinski definition) is 0. The van der Waals surface area contributed by atoms with E-state index >= 15 is 0 Å². The van der Waals surface area contributed by atoms with Gasteiger partial charge in [0.05, 0.1) is 0 Å². The van der Waals surface area contributed by atoms with Crippen molar-refractivity contribution >= 4 is 5.78 Å². The van der Waals surface area contributed by atoms with Gasteiger partial charge >= 0.3 is 0 Å². The Morgan fingerprint density at radius 3 is 2.72 bits per heavy atom. The lowest BCUT2D eigenvalue weighted by Crippen LogP contribution is -2.63. The molecule has 1 nitrogen and oxygen atoms in total. The van der Waals surface area contributed by atoms with E-state index in [1.807, 2.05) is 0 Å².